The average molecular weight is 500 g/mol. The molecule has 0 heterocycles. The van der Waals surface area contributed by atoms with E-state index in [1.54, 1.807) is 43.7 Å². The van der Waals surface area contributed by atoms with E-state index in [-0.39, 0.29) is 0 Å². The Labute approximate surface area is 214 Å². The Kier molecular flexibility index (Phi) is 8.10. The van der Waals surface area contributed by atoms with Crippen LogP contribution in [0.15, 0.2) is 90.0 Å². The Hall–Kier alpha value is -4.43. The molecule has 4 rings (SSSR count). The second kappa shape index (κ2) is 11.8. The van der Waals surface area contributed by atoms with Gasteiger partial charge in [-0.25, -0.2) is 4.79 Å². The second-order valence-electron chi connectivity index (χ2n) is 7.60. The highest BCUT2D eigenvalue weighted by molar-refractivity contribution is 7.80. The third-order valence-electron chi connectivity index (χ3n) is 5.24. The summed E-state index contributed by atoms with van der Waals surface area (Å²) in [6.45, 7) is 2.46. The number of anilines is 1. The predicted octanol–water partition coefficient (Wildman–Crippen LogP) is 5.79. The molecule has 8 heteroatoms. The molecule has 4 aromatic carbocycles. The van der Waals surface area contributed by atoms with Crippen molar-refractivity contribution in [2.45, 2.75) is 6.92 Å². The first-order valence-electron chi connectivity index (χ1n) is 11.3. The summed E-state index contributed by atoms with van der Waals surface area (Å²) >= 11 is 5.34. The smallest absolute Gasteiger partial charge is 0.343 e. The molecule has 0 unspecified atom stereocenters. The Morgan fingerprint density at radius 2 is 1.67 bits per heavy atom. The summed E-state index contributed by atoms with van der Waals surface area (Å²) in [5.41, 5.74) is 4.66. The number of nitrogens with one attached hydrogen (secondary N) is 2. The number of rotatable bonds is 8. The number of methoxy groups -OCH3 is 1. The van der Waals surface area contributed by atoms with Crippen LogP contribution >= 0.6 is 12.2 Å². The zero-order chi connectivity index (χ0) is 25.3. The molecule has 0 atom stereocenters. The summed E-state index contributed by atoms with van der Waals surface area (Å²) in [5, 5.41) is 9.52. The first kappa shape index (κ1) is 24.7. The Bertz CT molecular complexity index is 1390. The van der Waals surface area contributed by atoms with Gasteiger partial charge in [-0.2, -0.15) is 5.10 Å². The van der Waals surface area contributed by atoms with E-state index in [2.05, 4.69) is 15.8 Å². The summed E-state index contributed by atoms with van der Waals surface area (Å²) in [6, 6.07) is 25.6. The van der Waals surface area contributed by atoms with Crippen LogP contribution in [-0.4, -0.2) is 31.0 Å². The molecule has 0 spiro atoms. The van der Waals surface area contributed by atoms with E-state index in [9.17, 15) is 4.79 Å². The molecule has 0 aromatic heterocycles. The van der Waals surface area contributed by atoms with Crippen LogP contribution in [-0.2, 0) is 0 Å². The minimum atomic E-state index is -0.479. The molecule has 182 valence electrons. The minimum Gasteiger partial charge on any atom is -0.497 e. The highest BCUT2D eigenvalue weighted by atomic mass is 32.1. The number of nitrogens with zero attached hydrogens (tertiary/aromatic N) is 1. The number of benzene rings is 4. The standard InChI is InChI=1S/C28H25N3O4S/c1-3-34-23-13-8-20(9-14-23)27(32)35-26-17-10-19-6-4-5-7-24(19)25(26)18-29-31-28(36)30-21-11-15-22(33-2)16-12-21/h4-18H,3H2,1-2H3,(H2,30,31,36). The maximum atomic E-state index is 12.8. The lowest BCUT2D eigenvalue weighted by molar-refractivity contribution is 0.0734. The maximum Gasteiger partial charge on any atom is 0.343 e. The Balaban J connectivity index is 1.51. The van der Waals surface area contributed by atoms with Crippen LogP contribution in [0.5, 0.6) is 17.2 Å². The van der Waals surface area contributed by atoms with E-state index < -0.39 is 5.97 Å². The van der Waals surface area contributed by atoms with Gasteiger partial charge in [0.1, 0.15) is 17.2 Å². The van der Waals surface area contributed by atoms with Gasteiger partial charge in [-0.1, -0.05) is 30.3 Å². The molecular weight excluding hydrogens is 474 g/mol. The monoisotopic (exact) mass is 499 g/mol. The number of hydrogen-bond acceptors (Lipinski definition) is 6. The molecule has 0 saturated carbocycles. The average Bonchev–Trinajstić information content (AvgIpc) is 2.90. The first-order valence-corrected chi connectivity index (χ1v) is 11.7. The van der Waals surface area contributed by atoms with Crippen LogP contribution < -0.4 is 25.0 Å². The summed E-state index contributed by atoms with van der Waals surface area (Å²) in [6.07, 6.45) is 1.59. The number of fused-ring (bicyclic) bond motifs is 1. The van der Waals surface area contributed by atoms with E-state index in [0.717, 1.165) is 22.2 Å². The lowest BCUT2D eigenvalue weighted by atomic mass is 10.0. The molecule has 0 fully saturated rings. The van der Waals surface area contributed by atoms with E-state index >= 15 is 0 Å². The van der Waals surface area contributed by atoms with Gasteiger partial charge in [0.05, 0.1) is 25.5 Å². The van der Waals surface area contributed by atoms with Gasteiger partial charge in [0.25, 0.3) is 0 Å². The van der Waals surface area contributed by atoms with Crippen molar-refractivity contribution >= 4 is 46.0 Å². The van der Waals surface area contributed by atoms with Gasteiger partial charge in [-0.15, -0.1) is 0 Å². The van der Waals surface area contributed by atoms with E-state index in [4.69, 9.17) is 26.4 Å². The van der Waals surface area contributed by atoms with Gasteiger partial charge in [-0.05, 0) is 84.5 Å². The van der Waals surface area contributed by atoms with Crippen molar-refractivity contribution in [3.8, 4) is 17.2 Å². The van der Waals surface area contributed by atoms with E-state index in [1.165, 1.54) is 0 Å². The normalized spacial score (nSPS) is 10.7. The van der Waals surface area contributed by atoms with Crippen LogP contribution in [0.3, 0.4) is 0 Å². The first-order chi connectivity index (χ1) is 17.6. The fourth-order valence-electron chi connectivity index (χ4n) is 3.50. The Morgan fingerprint density at radius 3 is 2.39 bits per heavy atom. The molecule has 4 aromatic rings. The molecule has 0 aliphatic rings. The van der Waals surface area contributed by atoms with Gasteiger partial charge in [0.15, 0.2) is 5.11 Å². The van der Waals surface area contributed by atoms with E-state index in [0.29, 0.717) is 34.3 Å². The summed E-state index contributed by atoms with van der Waals surface area (Å²) in [7, 11) is 1.61. The number of hydrogen-bond donors (Lipinski definition) is 2. The van der Waals surface area contributed by atoms with Crippen molar-refractivity contribution in [3.63, 3.8) is 0 Å². The molecule has 0 amide bonds. The van der Waals surface area contributed by atoms with Crippen LogP contribution in [0, 0.1) is 0 Å². The summed E-state index contributed by atoms with van der Waals surface area (Å²) in [4.78, 5) is 12.8. The van der Waals surface area contributed by atoms with Crippen molar-refractivity contribution < 1.29 is 19.0 Å². The highest BCUT2D eigenvalue weighted by Gasteiger charge is 2.14. The second-order valence-corrected chi connectivity index (χ2v) is 8.01. The zero-order valence-corrected chi connectivity index (χ0v) is 20.7. The number of hydrazone groups is 1. The molecule has 0 aliphatic heterocycles. The molecular formula is C28H25N3O4S. The lowest BCUT2D eigenvalue weighted by Gasteiger charge is -2.11. The zero-order valence-electron chi connectivity index (χ0n) is 19.9. The fraction of sp³-hybridized carbons (Fsp3) is 0.107. The van der Waals surface area contributed by atoms with Crippen molar-refractivity contribution in [1.29, 1.82) is 0 Å². The van der Waals surface area contributed by atoms with Gasteiger partial charge >= 0.3 is 5.97 Å². The summed E-state index contributed by atoms with van der Waals surface area (Å²) < 4.78 is 16.4. The van der Waals surface area contributed by atoms with Crippen LogP contribution in [0.4, 0.5) is 5.69 Å². The predicted molar refractivity (Wildman–Crippen MR) is 146 cm³/mol. The highest BCUT2D eigenvalue weighted by Crippen LogP contribution is 2.27. The molecule has 0 radical (unpaired) electrons. The molecule has 0 bridgehead atoms. The third-order valence-corrected chi connectivity index (χ3v) is 5.44. The topological polar surface area (TPSA) is 81.2 Å². The molecule has 0 saturated heterocycles. The minimum absolute atomic E-state index is 0.310. The van der Waals surface area contributed by atoms with Crippen molar-refractivity contribution in [3.05, 3.63) is 96.1 Å². The molecule has 36 heavy (non-hydrogen) atoms. The van der Waals surface area contributed by atoms with Crippen molar-refractivity contribution in [2.24, 2.45) is 5.10 Å². The fourth-order valence-corrected chi connectivity index (χ4v) is 3.67. The van der Waals surface area contributed by atoms with Crippen LogP contribution in [0.25, 0.3) is 10.8 Å². The SMILES string of the molecule is CCOc1ccc(C(=O)Oc2ccc3ccccc3c2C=NNC(=S)Nc2ccc(OC)cc2)cc1. The molecule has 0 aliphatic carbocycles. The lowest BCUT2D eigenvalue weighted by Crippen LogP contribution is -2.23. The number of ether oxygens (including phenoxy) is 3. The largest absolute Gasteiger partial charge is 0.497 e. The van der Waals surface area contributed by atoms with Gasteiger partial charge in [0.2, 0.25) is 0 Å². The van der Waals surface area contributed by atoms with E-state index in [1.807, 2.05) is 61.5 Å². The van der Waals surface area contributed by atoms with Crippen LogP contribution in [0.2, 0.25) is 0 Å². The van der Waals surface area contributed by atoms with Crippen LogP contribution in [0.1, 0.15) is 22.8 Å². The number of thiocarbonyl (C=S) groups is 1. The van der Waals surface area contributed by atoms with Gasteiger partial charge in [0, 0.05) is 11.3 Å². The molecule has 2 N–H and O–H groups in total. The van der Waals surface area contributed by atoms with Crippen molar-refractivity contribution in [1.82, 2.24) is 5.43 Å². The number of esters is 1. The maximum absolute atomic E-state index is 12.8. The summed E-state index contributed by atoms with van der Waals surface area (Å²) in [5.74, 6) is 1.35. The quantitative estimate of drug-likeness (QED) is 0.104. The van der Waals surface area contributed by atoms with Gasteiger partial charge < -0.3 is 19.5 Å². The Morgan fingerprint density at radius 1 is 0.944 bits per heavy atom. The molecule has 7 nitrogen and oxygen atoms in total. The number of carbonyl (C=O) groups is 1. The van der Waals surface area contributed by atoms with Crippen molar-refractivity contribution in [2.75, 3.05) is 19.0 Å². The third kappa shape index (κ3) is 6.17. The van der Waals surface area contributed by atoms with Gasteiger partial charge in [-0.3, -0.25) is 5.43 Å². The number of carbonyl (C=O) groups excluding carboxylic acids is 1.